The van der Waals surface area contributed by atoms with Crippen molar-refractivity contribution in [3.8, 4) is 0 Å². The highest BCUT2D eigenvalue weighted by Gasteiger charge is 2.11. The van der Waals surface area contributed by atoms with Crippen molar-refractivity contribution in [1.82, 2.24) is 0 Å². The molecule has 0 bridgehead atoms. The third-order valence-corrected chi connectivity index (χ3v) is 3.20. The van der Waals surface area contributed by atoms with Crippen LogP contribution in [0.5, 0.6) is 0 Å². The Kier molecular flexibility index (Phi) is 3.95. The first-order chi connectivity index (χ1) is 8.97. The normalized spacial score (nSPS) is 10.3. The van der Waals surface area contributed by atoms with E-state index in [9.17, 15) is 13.6 Å². The first kappa shape index (κ1) is 13.7. The lowest BCUT2D eigenvalue weighted by Gasteiger charge is -2.07. The number of carbonyl (C=O) groups excluding carboxylic acids is 1. The summed E-state index contributed by atoms with van der Waals surface area (Å²) in [6.45, 7) is 1.75. The molecule has 0 unspecified atom stereocenters. The molecule has 0 aromatic heterocycles. The summed E-state index contributed by atoms with van der Waals surface area (Å²) in [5.41, 5.74) is 0.949. The second-order valence-corrected chi connectivity index (χ2v) is 4.92. The van der Waals surface area contributed by atoms with Gasteiger partial charge in [-0.05, 0) is 58.7 Å². The Labute approximate surface area is 117 Å². The molecule has 1 N–H and O–H groups in total. The van der Waals surface area contributed by atoms with Crippen LogP contribution in [0.3, 0.4) is 0 Å². The number of halogens is 3. The number of hydrogen-bond acceptors (Lipinski definition) is 1. The van der Waals surface area contributed by atoms with Crippen molar-refractivity contribution in [2.24, 2.45) is 0 Å². The zero-order chi connectivity index (χ0) is 14.0. The molecule has 1 amide bonds. The molecule has 19 heavy (non-hydrogen) atoms. The maximum atomic E-state index is 13.6. The van der Waals surface area contributed by atoms with Crippen LogP contribution in [0.2, 0.25) is 0 Å². The summed E-state index contributed by atoms with van der Waals surface area (Å²) in [4.78, 5) is 11.9. The predicted molar refractivity (Wildman–Crippen MR) is 73.2 cm³/mol. The van der Waals surface area contributed by atoms with Gasteiger partial charge in [-0.3, -0.25) is 4.79 Å². The Hall–Kier alpha value is -1.75. The lowest BCUT2D eigenvalue weighted by molar-refractivity contribution is 0.102. The molecule has 0 saturated carbocycles. The van der Waals surface area contributed by atoms with Gasteiger partial charge in [-0.15, -0.1) is 0 Å². The van der Waals surface area contributed by atoms with Crippen molar-refractivity contribution < 1.29 is 13.6 Å². The van der Waals surface area contributed by atoms with Gasteiger partial charge in [-0.25, -0.2) is 8.78 Å². The average Bonchev–Trinajstić information content (AvgIpc) is 2.36. The molecule has 0 aliphatic rings. The van der Waals surface area contributed by atoms with E-state index >= 15 is 0 Å². The Balaban J connectivity index is 2.23. The summed E-state index contributed by atoms with van der Waals surface area (Å²) in [5, 5.41) is 2.40. The third kappa shape index (κ3) is 3.17. The summed E-state index contributed by atoms with van der Waals surface area (Å²) >= 11 is 3.00. The van der Waals surface area contributed by atoms with Crippen LogP contribution in [-0.4, -0.2) is 5.91 Å². The number of nitrogens with one attached hydrogen (secondary N) is 1. The summed E-state index contributed by atoms with van der Waals surface area (Å²) in [7, 11) is 0. The van der Waals surface area contributed by atoms with E-state index in [1.807, 2.05) is 0 Å². The van der Waals surface area contributed by atoms with Crippen molar-refractivity contribution in [2.45, 2.75) is 6.92 Å². The van der Waals surface area contributed by atoms with Gasteiger partial charge in [-0.1, -0.05) is 6.07 Å². The summed E-state index contributed by atoms with van der Waals surface area (Å²) < 4.78 is 27.2. The average molecular weight is 326 g/mol. The first-order valence-electron chi connectivity index (χ1n) is 5.50. The van der Waals surface area contributed by atoms with Gasteiger partial charge in [0.05, 0.1) is 10.2 Å². The monoisotopic (exact) mass is 325 g/mol. The highest BCUT2D eigenvalue weighted by Crippen LogP contribution is 2.19. The van der Waals surface area contributed by atoms with Crippen molar-refractivity contribution in [1.29, 1.82) is 0 Å². The number of carbonyl (C=O) groups is 1. The van der Waals surface area contributed by atoms with Crippen LogP contribution in [0.1, 0.15) is 15.9 Å². The quantitative estimate of drug-likeness (QED) is 0.876. The molecule has 0 aliphatic carbocycles. The topological polar surface area (TPSA) is 29.1 Å². The number of anilines is 1. The van der Waals surface area contributed by atoms with E-state index in [0.29, 0.717) is 0 Å². The first-order valence-corrected chi connectivity index (χ1v) is 6.29. The molecular weight excluding hydrogens is 316 g/mol. The minimum Gasteiger partial charge on any atom is -0.319 e. The van der Waals surface area contributed by atoms with Crippen molar-refractivity contribution in [3.05, 3.63) is 63.6 Å². The van der Waals surface area contributed by atoms with Crippen molar-refractivity contribution in [3.63, 3.8) is 0 Å². The van der Waals surface area contributed by atoms with E-state index in [4.69, 9.17) is 0 Å². The molecular formula is C14H10BrF2NO. The van der Waals surface area contributed by atoms with Crippen LogP contribution < -0.4 is 5.32 Å². The van der Waals surface area contributed by atoms with Gasteiger partial charge in [0.15, 0.2) is 0 Å². The van der Waals surface area contributed by atoms with E-state index in [0.717, 1.165) is 11.6 Å². The fraction of sp³-hybridized carbons (Fsp3) is 0.0714. The van der Waals surface area contributed by atoms with Crippen molar-refractivity contribution >= 4 is 27.5 Å². The summed E-state index contributed by atoms with van der Waals surface area (Å²) in [6.07, 6.45) is 0. The second kappa shape index (κ2) is 5.48. The zero-order valence-electron chi connectivity index (χ0n) is 10.0. The van der Waals surface area contributed by atoms with Gasteiger partial charge < -0.3 is 5.32 Å². The van der Waals surface area contributed by atoms with E-state index in [2.05, 4.69) is 21.2 Å². The van der Waals surface area contributed by atoms with Crippen molar-refractivity contribution in [2.75, 3.05) is 5.32 Å². The maximum Gasteiger partial charge on any atom is 0.255 e. The molecule has 2 nitrogen and oxygen atoms in total. The van der Waals surface area contributed by atoms with E-state index < -0.39 is 17.5 Å². The summed E-state index contributed by atoms with van der Waals surface area (Å²) in [6, 6.07) is 8.44. The second-order valence-electron chi connectivity index (χ2n) is 4.07. The maximum absolute atomic E-state index is 13.6. The fourth-order valence-electron chi connectivity index (χ4n) is 1.55. The third-order valence-electron chi connectivity index (χ3n) is 2.55. The molecule has 5 heteroatoms. The van der Waals surface area contributed by atoms with Crippen LogP contribution in [-0.2, 0) is 0 Å². The fourth-order valence-corrected chi connectivity index (χ4v) is 1.80. The van der Waals surface area contributed by atoms with Gasteiger partial charge in [0.2, 0.25) is 0 Å². The minimum atomic E-state index is -0.561. The Morgan fingerprint density at radius 2 is 1.84 bits per heavy atom. The highest BCUT2D eigenvalue weighted by molar-refractivity contribution is 9.10. The van der Waals surface area contributed by atoms with Gasteiger partial charge >= 0.3 is 0 Å². The smallest absolute Gasteiger partial charge is 0.255 e. The number of amides is 1. The molecule has 0 radical (unpaired) electrons. The van der Waals surface area contributed by atoms with Crippen LogP contribution in [0, 0.1) is 18.6 Å². The van der Waals surface area contributed by atoms with E-state index in [1.165, 1.54) is 24.3 Å². The van der Waals surface area contributed by atoms with Crippen LogP contribution in [0.15, 0.2) is 40.9 Å². The lowest BCUT2D eigenvalue weighted by atomic mass is 10.2. The Bertz CT molecular complexity index is 643. The standard InChI is InChI=1S/C14H10BrF2NO/c1-8-2-5-13(12(17)6-8)18-14(19)9-3-4-10(15)11(16)7-9/h2-7H,1H3,(H,18,19). The van der Waals surface area contributed by atoms with Gasteiger partial charge in [0.25, 0.3) is 5.91 Å². The van der Waals surface area contributed by atoms with Crippen LogP contribution >= 0.6 is 15.9 Å². The van der Waals surface area contributed by atoms with Gasteiger partial charge in [0, 0.05) is 5.56 Å². The van der Waals surface area contributed by atoms with E-state index in [1.54, 1.807) is 13.0 Å². The zero-order valence-corrected chi connectivity index (χ0v) is 11.6. The molecule has 0 heterocycles. The molecule has 2 rings (SSSR count). The Morgan fingerprint density at radius 1 is 1.11 bits per heavy atom. The molecule has 0 fully saturated rings. The molecule has 0 aliphatic heterocycles. The lowest BCUT2D eigenvalue weighted by Crippen LogP contribution is -2.13. The number of benzene rings is 2. The van der Waals surface area contributed by atoms with E-state index in [-0.39, 0.29) is 15.7 Å². The number of hydrogen-bond donors (Lipinski definition) is 1. The largest absolute Gasteiger partial charge is 0.319 e. The minimum absolute atomic E-state index is 0.0685. The van der Waals surface area contributed by atoms with Gasteiger partial charge in [-0.2, -0.15) is 0 Å². The SMILES string of the molecule is Cc1ccc(NC(=O)c2ccc(Br)c(F)c2)c(F)c1. The molecule has 0 spiro atoms. The predicted octanol–water partition coefficient (Wildman–Crippen LogP) is 4.29. The number of aryl methyl sites for hydroxylation is 1. The highest BCUT2D eigenvalue weighted by atomic mass is 79.9. The molecule has 2 aromatic rings. The Morgan fingerprint density at radius 3 is 2.47 bits per heavy atom. The summed E-state index contributed by atoms with van der Waals surface area (Å²) in [5.74, 6) is -1.63. The molecule has 98 valence electrons. The molecule has 0 saturated heterocycles. The molecule has 2 aromatic carbocycles. The number of rotatable bonds is 2. The van der Waals surface area contributed by atoms with Crippen LogP contribution in [0.25, 0.3) is 0 Å². The van der Waals surface area contributed by atoms with Crippen LogP contribution in [0.4, 0.5) is 14.5 Å². The molecule has 0 atom stereocenters. The van der Waals surface area contributed by atoms with Gasteiger partial charge in [0.1, 0.15) is 11.6 Å².